The molecule has 22 heavy (non-hydrogen) atoms. The third-order valence-electron chi connectivity index (χ3n) is 3.63. The largest absolute Gasteiger partial charge is 0.368 e. The number of carbonyl (C=O) groups is 1. The Balaban J connectivity index is 1.49. The molecule has 0 aliphatic carbocycles. The number of hydrogen-bond acceptors (Lipinski definition) is 5. The van der Waals surface area contributed by atoms with Gasteiger partial charge < -0.3 is 15.1 Å². The molecule has 1 aliphatic heterocycles. The van der Waals surface area contributed by atoms with Crippen LogP contribution in [-0.2, 0) is 4.79 Å². The lowest BCUT2D eigenvalue weighted by atomic mass is 10.2. The van der Waals surface area contributed by atoms with E-state index in [-0.39, 0.29) is 5.91 Å². The van der Waals surface area contributed by atoms with Crippen LogP contribution in [0.5, 0.6) is 0 Å². The highest BCUT2D eigenvalue weighted by Gasteiger charge is 2.21. The Morgan fingerprint density at radius 1 is 1.32 bits per heavy atom. The SMILES string of the molecule is O=C(CNc1nccs1)N1CCN(c2cccc(Cl)c2)CC1. The molecule has 2 heterocycles. The van der Waals surface area contributed by atoms with Gasteiger partial charge in [0, 0.05) is 48.5 Å². The quantitative estimate of drug-likeness (QED) is 0.932. The summed E-state index contributed by atoms with van der Waals surface area (Å²) in [6.45, 7) is 3.40. The molecular formula is C15H17ClN4OS. The Kier molecular flexibility index (Phi) is 4.80. The Labute approximate surface area is 138 Å². The minimum absolute atomic E-state index is 0.112. The molecule has 3 rings (SSSR count). The maximum atomic E-state index is 12.2. The zero-order chi connectivity index (χ0) is 15.4. The number of carbonyl (C=O) groups excluding carboxylic acids is 1. The van der Waals surface area contributed by atoms with Gasteiger partial charge in [-0.1, -0.05) is 17.7 Å². The van der Waals surface area contributed by atoms with Gasteiger partial charge >= 0.3 is 0 Å². The van der Waals surface area contributed by atoms with Gasteiger partial charge in [0.25, 0.3) is 0 Å². The van der Waals surface area contributed by atoms with Gasteiger partial charge in [-0.05, 0) is 18.2 Å². The predicted octanol–water partition coefficient (Wildman–Crippen LogP) is 2.56. The zero-order valence-corrected chi connectivity index (χ0v) is 13.6. The average Bonchev–Trinajstić information content (AvgIpc) is 3.06. The van der Waals surface area contributed by atoms with Crippen molar-refractivity contribution in [1.82, 2.24) is 9.88 Å². The molecule has 1 aromatic heterocycles. The number of thiazole rings is 1. The lowest BCUT2D eigenvalue weighted by molar-refractivity contribution is -0.129. The molecule has 1 N–H and O–H groups in total. The minimum Gasteiger partial charge on any atom is -0.368 e. The van der Waals surface area contributed by atoms with Crippen molar-refractivity contribution in [2.45, 2.75) is 0 Å². The first kappa shape index (κ1) is 15.1. The van der Waals surface area contributed by atoms with Crippen LogP contribution in [0.15, 0.2) is 35.8 Å². The van der Waals surface area contributed by atoms with Crippen LogP contribution in [-0.4, -0.2) is 48.5 Å². The average molecular weight is 337 g/mol. The highest BCUT2D eigenvalue weighted by molar-refractivity contribution is 7.13. The summed E-state index contributed by atoms with van der Waals surface area (Å²) in [6.07, 6.45) is 1.72. The van der Waals surface area contributed by atoms with E-state index in [4.69, 9.17) is 11.6 Å². The maximum absolute atomic E-state index is 12.2. The van der Waals surface area contributed by atoms with Crippen molar-refractivity contribution in [1.29, 1.82) is 0 Å². The van der Waals surface area contributed by atoms with Crippen molar-refractivity contribution in [3.8, 4) is 0 Å². The summed E-state index contributed by atoms with van der Waals surface area (Å²) in [5.74, 6) is 0.112. The normalized spacial score (nSPS) is 15.0. The fourth-order valence-electron chi connectivity index (χ4n) is 2.46. The van der Waals surface area contributed by atoms with Crippen molar-refractivity contribution >= 4 is 39.7 Å². The molecule has 1 aliphatic rings. The van der Waals surface area contributed by atoms with Gasteiger partial charge in [0.2, 0.25) is 5.91 Å². The van der Waals surface area contributed by atoms with Gasteiger partial charge in [0.15, 0.2) is 5.13 Å². The Morgan fingerprint density at radius 2 is 2.14 bits per heavy atom. The molecule has 0 bridgehead atoms. The van der Waals surface area contributed by atoms with Gasteiger partial charge in [0.1, 0.15) is 0 Å². The van der Waals surface area contributed by atoms with Gasteiger partial charge in [-0.3, -0.25) is 4.79 Å². The van der Waals surface area contributed by atoms with E-state index in [9.17, 15) is 4.79 Å². The highest BCUT2D eigenvalue weighted by atomic mass is 35.5. The van der Waals surface area contributed by atoms with Crippen LogP contribution in [0.25, 0.3) is 0 Å². The molecule has 1 amide bonds. The number of aromatic nitrogens is 1. The number of nitrogens with zero attached hydrogens (tertiary/aromatic N) is 3. The van der Waals surface area contributed by atoms with Crippen LogP contribution in [0.4, 0.5) is 10.8 Å². The molecule has 0 spiro atoms. The Hall–Kier alpha value is -1.79. The van der Waals surface area contributed by atoms with Gasteiger partial charge in [-0.25, -0.2) is 4.98 Å². The molecule has 0 unspecified atom stereocenters. The van der Waals surface area contributed by atoms with Crippen LogP contribution in [0, 0.1) is 0 Å². The van der Waals surface area contributed by atoms with Crippen molar-refractivity contribution in [3.05, 3.63) is 40.9 Å². The highest BCUT2D eigenvalue weighted by Crippen LogP contribution is 2.20. The van der Waals surface area contributed by atoms with E-state index in [1.807, 2.05) is 34.5 Å². The standard InChI is InChI=1S/C15H17ClN4OS/c16-12-2-1-3-13(10-12)19-5-7-20(8-6-19)14(21)11-18-15-17-4-9-22-15/h1-4,9-10H,5-8,11H2,(H,17,18). The van der Waals surface area contributed by atoms with Crippen LogP contribution in [0.3, 0.4) is 0 Å². The maximum Gasteiger partial charge on any atom is 0.242 e. The van der Waals surface area contributed by atoms with Gasteiger partial charge in [-0.15, -0.1) is 11.3 Å². The second kappa shape index (κ2) is 6.98. The molecule has 116 valence electrons. The molecule has 0 radical (unpaired) electrons. The Bertz CT molecular complexity index is 626. The van der Waals surface area contributed by atoms with Gasteiger partial charge in [-0.2, -0.15) is 0 Å². The molecule has 7 heteroatoms. The van der Waals surface area contributed by atoms with E-state index in [2.05, 4.69) is 15.2 Å². The number of nitrogens with one attached hydrogen (secondary N) is 1. The third-order valence-corrected chi connectivity index (χ3v) is 4.59. The molecule has 0 saturated carbocycles. The number of rotatable bonds is 4. The molecule has 1 saturated heterocycles. The molecule has 5 nitrogen and oxygen atoms in total. The summed E-state index contributed by atoms with van der Waals surface area (Å²) in [6, 6.07) is 7.83. The Morgan fingerprint density at radius 3 is 2.82 bits per heavy atom. The molecule has 0 atom stereocenters. The number of hydrogen-bond donors (Lipinski definition) is 1. The number of halogens is 1. The molecule has 1 fully saturated rings. The van der Waals surface area contributed by atoms with Crippen LogP contribution >= 0.6 is 22.9 Å². The fourth-order valence-corrected chi connectivity index (χ4v) is 3.17. The van der Waals surface area contributed by atoms with E-state index in [0.717, 1.165) is 42.0 Å². The first-order valence-electron chi connectivity index (χ1n) is 7.14. The monoisotopic (exact) mass is 336 g/mol. The van der Waals surface area contributed by atoms with E-state index in [0.29, 0.717) is 6.54 Å². The number of amides is 1. The summed E-state index contributed by atoms with van der Waals surface area (Å²) in [5, 5.41) is 6.47. The summed E-state index contributed by atoms with van der Waals surface area (Å²) in [5.41, 5.74) is 1.11. The second-order valence-corrected chi connectivity index (χ2v) is 6.37. The summed E-state index contributed by atoms with van der Waals surface area (Å²) < 4.78 is 0. The number of anilines is 2. The van der Waals surface area contributed by atoms with Crippen molar-refractivity contribution < 1.29 is 4.79 Å². The minimum atomic E-state index is 0.112. The van der Waals surface area contributed by atoms with Crippen molar-refractivity contribution in [2.24, 2.45) is 0 Å². The van der Waals surface area contributed by atoms with Crippen molar-refractivity contribution in [3.63, 3.8) is 0 Å². The summed E-state index contributed by atoms with van der Waals surface area (Å²) in [7, 11) is 0. The summed E-state index contributed by atoms with van der Waals surface area (Å²) >= 11 is 7.53. The smallest absolute Gasteiger partial charge is 0.242 e. The topological polar surface area (TPSA) is 48.5 Å². The second-order valence-electron chi connectivity index (χ2n) is 5.04. The first-order valence-corrected chi connectivity index (χ1v) is 8.40. The van der Waals surface area contributed by atoms with E-state index < -0.39 is 0 Å². The molecule has 2 aromatic rings. The molecule has 1 aromatic carbocycles. The van der Waals surface area contributed by atoms with Crippen molar-refractivity contribution in [2.75, 3.05) is 42.9 Å². The van der Waals surface area contributed by atoms with Crippen LogP contribution < -0.4 is 10.2 Å². The van der Waals surface area contributed by atoms with Crippen LogP contribution in [0.1, 0.15) is 0 Å². The van der Waals surface area contributed by atoms with Gasteiger partial charge in [0.05, 0.1) is 6.54 Å². The third kappa shape index (κ3) is 3.69. The van der Waals surface area contributed by atoms with Crippen LogP contribution in [0.2, 0.25) is 5.02 Å². The zero-order valence-electron chi connectivity index (χ0n) is 12.0. The lowest BCUT2D eigenvalue weighted by Crippen LogP contribution is -2.50. The fraction of sp³-hybridized carbons (Fsp3) is 0.333. The van der Waals surface area contributed by atoms with E-state index >= 15 is 0 Å². The predicted molar refractivity (Wildman–Crippen MR) is 90.8 cm³/mol. The first-order chi connectivity index (χ1) is 10.7. The molecular weight excluding hydrogens is 320 g/mol. The lowest BCUT2D eigenvalue weighted by Gasteiger charge is -2.36. The van der Waals surface area contributed by atoms with E-state index in [1.54, 1.807) is 6.20 Å². The number of piperazine rings is 1. The van der Waals surface area contributed by atoms with E-state index in [1.165, 1.54) is 11.3 Å². The summed E-state index contributed by atoms with van der Waals surface area (Å²) in [4.78, 5) is 20.4. The number of benzene rings is 1.